The van der Waals surface area contributed by atoms with E-state index < -0.39 is 5.54 Å². The molecule has 0 fully saturated rings. The lowest BCUT2D eigenvalue weighted by Crippen LogP contribution is -2.43. The average molecular weight is 234 g/mol. The van der Waals surface area contributed by atoms with Gasteiger partial charge < -0.3 is 21.3 Å². The number of hydrogen-bond donors (Lipinski definition) is 4. The molecule has 0 bridgehead atoms. The van der Waals surface area contributed by atoms with Gasteiger partial charge in [0.15, 0.2) is 11.0 Å². The molecule has 0 saturated heterocycles. The summed E-state index contributed by atoms with van der Waals surface area (Å²) in [5.41, 5.74) is 4.48. The maximum atomic E-state index is 9.01. The molecule has 5 N–H and O–H groups in total. The molecule has 1 rings (SSSR count). The minimum absolute atomic E-state index is 0.00949. The summed E-state index contributed by atoms with van der Waals surface area (Å²) in [5.74, 6) is 0.134. The van der Waals surface area contributed by atoms with Crippen molar-refractivity contribution in [2.45, 2.75) is 12.5 Å². The number of nitrogen functional groups attached to an aromatic ring is 1. The number of halogens is 1. The predicted octanol–water partition coefficient (Wildman–Crippen LogP) is -0.738. The monoisotopic (exact) mass is 233 g/mol. The van der Waals surface area contributed by atoms with Crippen molar-refractivity contribution in [3.8, 4) is 0 Å². The van der Waals surface area contributed by atoms with E-state index >= 15 is 0 Å². The van der Waals surface area contributed by atoms with Crippen LogP contribution in [0.2, 0.25) is 5.15 Å². The van der Waals surface area contributed by atoms with Gasteiger partial charge in [0, 0.05) is 0 Å². The van der Waals surface area contributed by atoms with E-state index in [1.54, 1.807) is 6.92 Å². The molecule has 0 aliphatic carbocycles. The summed E-state index contributed by atoms with van der Waals surface area (Å²) in [5, 5.41) is 27.9. The SMILES string of the molecule is CC(CO)(CO)Nc1nnc(Cl)c(N)n1. The Kier molecular flexibility index (Phi) is 3.61. The number of hydrogen-bond acceptors (Lipinski definition) is 7. The molecule has 0 unspecified atom stereocenters. The lowest BCUT2D eigenvalue weighted by atomic mass is 10.1. The van der Waals surface area contributed by atoms with E-state index in [2.05, 4.69) is 20.5 Å². The lowest BCUT2D eigenvalue weighted by Gasteiger charge is -2.25. The van der Waals surface area contributed by atoms with Crippen molar-refractivity contribution in [3.63, 3.8) is 0 Å². The number of aromatic nitrogens is 3. The lowest BCUT2D eigenvalue weighted by molar-refractivity contribution is 0.147. The van der Waals surface area contributed by atoms with E-state index in [1.165, 1.54) is 0 Å². The second-order valence-electron chi connectivity index (χ2n) is 3.31. The van der Waals surface area contributed by atoms with Crippen LogP contribution in [0.4, 0.5) is 11.8 Å². The van der Waals surface area contributed by atoms with Gasteiger partial charge in [-0.1, -0.05) is 11.6 Å². The third kappa shape index (κ3) is 2.88. The summed E-state index contributed by atoms with van der Waals surface area (Å²) in [7, 11) is 0. The summed E-state index contributed by atoms with van der Waals surface area (Å²) in [6.07, 6.45) is 0. The van der Waals surface area contributed by atoms with Crippen LogP contribution >= 0.6 is 11.6 Å². The summed E-state index contributed by atoms with van der Waals surface area (Å²) < 4.78 is 0. The van der Waals surface area contributed by atoms with E-state index in [0.717, 1.165) is 0 Å². The quantitative estimate of drug-likeness (QED) is 0.541. The maximum absolute atomic E-state index is 9.01. The van der Waals surface area contributed by atoms with Gasteiger partial charge in [-0.2, -0.15) is 4.98 Å². The highest BCUT2D eigenvalue weighted by molar-refractivity contribution is 6.31. The number of nitrogens with one attached hydrogen (secondary N) is 1. The minimum Gasteiger partial charge on any atom is -0.394 e. The van der Waals surface area contributed by atoms with E-state index in [-0.39, 0.29) is 30.1 Å². The highest BCUT2D eigenvalue weighted by atomic mass is 35.5. The van der Waals surface area contributed by atoms with E-state index in [0.29, 0.717) is 0 Å². The molecule has 0 atom stereocenters. The molecule has 0 aliphatic heterocycles. The Balaban J connectivity index is 2.85. The highest BCUT2D eigenvalue weighted by Gasteiger charge is 2.23. The van der Waals surface area contributed by atoms with Crippen LogP contribution in [0.3, 0.4) is 0 Å². The molecular formula is C7H12ClN5O2. The van der Waals surface area contributed by atoms with Gasteiger partial charge in [-0.15, -0.1) is 10.2 Å². The Labute approximate surface area is 91.3 Å². The van der Waals surface area contributed by atoms with Gasteiger partial charge in [0.1, 0.15) is 0 Å². The number of anilines is 2. The van der Waals surface area contributed by atoms with Gasteiger partial charge in [-0.3, -0.25) is 0 Å². The summed E-state index contributed by atoms with van der Waals surface area (Å²) in [4.78, 5) is 3.79. The molecule has 0 spiro atoms. The third-order valence-electron chi connectivity index (χ3n) is 1.78. The molecule has 7 nitrogen and oxygen atoms in total. The Bertz CT molecular complexity index is 344. The van der Waals surface area contributed by atoms with Crippen LogP contribution in [0.15, 0.2) is 0 Å². The second kappa shape index (κ2) is 4.56. The topological polar surface area (TPSA) is 117 Å². The van der Waals surface area contributed by atoms with Gasteiger partial charge >= 0.3 is 0 Å². The molecule has 0 aromatic carbocycles. The number of aliphatic hydroxyl groups is 2. The van der Waals surface area contributed by atoms with Crippen LogP contribution in [0.5, 0.6) is 0 Å². The zero-order valence-electron chi connectivity index (χ0n) is 8.11. The van der Waals surface area contributed by atoms with Crippen molar-refractivity contribution in [3.05, 3.63) is 5.15 Å². The first-order valence-electron chi connectivity index (χ1n) is 4.16. The standard InChI is InChI=1S/C7H12ClN5O2/c1-7(2-14,3-15)11-6-10-5(9)4(8)12-13-6/h14-15H,2-3H2,1H3,(H3,9,10,11,13). The van der Waals surface area contributed by atoms with Gasteiger partial charge in [0.05, 0.1) is 18.8 Å². The van der Waals surface area contributed by atoms with Crippen LogP contribution in [-0.2, 0) is 0 Å². The maximum Gasteiger partial charge on any atom is 0.245 e. The van der Waals surface area contributed by atoms with Crippen LogP contribution in [-0.4, -0.2) is 44.1 Å². The van der Waals surface area contributed by atoms with Crippen LogP contribution in [0.1, 0.15) is 6.92 Å². The first-order valence-corrected chi connectivity index (χ1v) is 4.54. The van der Waals surface area contributed by atoms with Crippen LogP contribution < -0.4 is 11.1 Å². The Morgan fingerprint density at radius 1 is 1.40 bits per heavy atom. The summed E-state index contributed by atoms with van der Waals surface area (Å²) in [6, 6.07) is 0. The molecule has 1 heterocycles. The molecule has 0 radical (unpaired) electrons. The zero-order chi connectivity index (χ0) is 11.5. The number of nitrogens with zero attached hydrogens (tertiary/aromatic N) is 3. The normalized spacial score (nSPS) is 11.5. The fourth-order valence-electron chi connectivity index (χ4n) is 0.777. The molecule has 0 saturated carbocycles. The van der Waals surface area contributed by atoms with Gasteiger partial charge in [0.25, 0.3) is 0 Å². The molecular weight excluding hydrogens is 222 g/mol. The zero-order valence-corrected chi connectivity index (χ0v) is 8.86. The van der Waals surface area contributed by atoms with Crippen molar-refractivity contribution in [2.24, 2.45) is 0 Å². The van der Waals surface area contributed by atoms with Crippen molar-refractivity contribution in [1.82, 2.24) is 15.2 Å². The molecule has 0 amide bonds. The Morgan fingerprint density at radius 3 is 2.47 bits per heavy atom. The first-order chi connectivity index (χ1) is 7.00. The number of rotatable bonds is 4. The van der Waals surface area contributed by atoms with E-state index in [4.69, 9.17) is 27.5 Å². The fourth-order valence-corrected chi connectivity index (χ4v) is 0.857. The van der Waals surface area contributed by atoms with E-state index in [1.807, 2.05) is 0 Å². The summed E-state index contributed by atoms with van der Waals surface area (Å²) >= 11 is 5.53. The Hall–Kier alpha value is -1.18. The molecule has 0 aliphatic rings. The molecule has 1 aromatic rings. The van der Waals surface area contributed by atoms with Crippen molar-refractivity contribution in [2.75, 3.05) is 24.3 Å². The van der Waals surface area contributed by atoms with Gasteiger partial charge in [-0.05, 0) is 6.92 Å². The minimum atomic E-state index is -0.929. The fraction of sp³-hybridized carbons (Fsp3) is 0.571. The van der Waals surface area contributed by atoms with Crippen molar-refractivity contribution < 1.29 is 10.2 Å². The second-order valence-corrected chi connectivity index (χ2v) is 3.67. The largest absolute Gasteiger partial charge is 0.394 e. The summed E-state index contributed by atoms with van der Waals surface area (Å²) in [6.45, 7) is 1.03. The highest BCUT2D eigenvalue weighted by Crippen LogP contribution is 2.15. The van der Waals surface area contributed by atoms with Crippen LogP contribution in [0.25, 0.3) is 0 Å². The van der Waals surface area contributed by atoms with Gasteiger partial charge in [0.2, 0.25) is 5.95 Å². The van der Waals surface area contributed by atoms with E-state index in [9.17, 15) is 0 Å². The molecule has 8 heteroatoms. The smallest absolute Gasteiger partial charge is 0.245 e. The van der Waals surface area contributed by atoms with Gasteiger partial charge in [-0.25, -0.2) is 0 Å². The number of nitrogens with two attached hydrogens (primary N) is 1. The molecule has 1 aromatic heterocycles. The van der Waals surface area contributed by atoms with Crippen molar-refractivity contribution in [1.29, 1.82) is 0 Å². The molecule has 15 heavy (non-hydrogen) atoms. The predicted molar refractivity (Wildman–Crippen MR) is 55.4 cm³/mol. The Morgan fingerprint density at radius 2 is 2.00 bits per heavy atom. The average Bonchev–Trinajstić information content (AvgIpc) is 2.23. The molecule has 84 valence electrons. The third-order valence-corrected chi connectivity index (χ3v) is 2.05. The number of aliphatic hydroxyl groups excluding tert-OH is 2. The van der Waals surface area contributed by atoms with Crippen LogP contribution in [0, 0.1) is 0 Å². The van der Waals surface area contributed by atoms with Crippen molar-refractivity contribution >= 4 is 23.4 Å². The first kappa shape index (κ1) is 11.9.